The highest BCUT2D eigenvalue weighted by Gasteiger charge is 2.18. The topological polar surface area (TPSA) is 81.0 Å². The number of hydrogen-bond donors (Lipinski definition) is 1. The van der Waals surface area contributed by atoms with Crippen LogP contribution in [-0.2, 0) is 6.54 Å². The molecule has 1 N–H and O–H groups in total. The predicted octanol–water partition coefficient (Wildman–Crippen LogP) is 5.40. The molecule has 0 amide bonds. The first-order valence-electron chi connectivity index (χ1n) is 12.4. The Balaban J connectivity index is 1.37. The summed E-state index contributed by atoms with van der Waals surface area (Å²) in [7, 11) is 0. The van der Waals surface area contributed by atoms with E-state index in [1.165, 1.54) is 18.4 Å². The third-order valence-electron chi connectivity index (χ3n) is 6.65. The molecule has 0 spiro atoms. The van der Waals surface area contributed by atoms with Crippen molar-refractivity contribution in [3.8, 4) is 5.75 Å². The Kier molecular flexibility index (Phi) is 6.79. The summed E-state index contributed by atoms with van der Waals surface area (Å²) in [4.78, 5) is 20.3. The number of nitrogens with one attached hydrogen (secondary N) is 1. The summed E-state index contributed by atoms with van der Waals surface area (Å²) >= 11 is 0. The molecule has 5 rings (SSSR count). The number of ether oxygens (including phenoxy) is 1. The molecule has 0 saturated carbocycles. The first-order chi connectivity index (χ1) is 17.1. The largest absolute Gasteiger partial charge is 0.491 e. The van der Waals surface area contributed by atoms with Crippen molar-refractivity contribution in [2.45, 2.75) is 46.1 Å². The maximum atomic E-state index is 6.14. The minimum Gasteiger partial charge on any atom is -0.491 e. The van der Waals surface area contributed by atoms with E-state index in [1.54, 1.807) is 12.5 Å². The predicted molar refractivity (Wildman–Crippen MR) is 139 cm³/mol. The van der Waals surface area contributed by atoms with Crippen molar-refractivity contribution < 1.29 is 4.74 Å². The molecule has 1 saturated heterocycles. The van der Waals surface area contributed by atoms with Crippen molar-refractivity contribution in [2.75, 3.05) is 29.9 Å². The van der Waals surface area contributed by atoms with Crippen molar-refractivity contribution in [1.29, 1.82) is 0 Å². The first kappa shape index (κ1) is 23.1. The molecule has 1 aromatic carbocycles. The van der Waals surface area contributed by atoms with Crippen LogP contribution in [0.15, 0.2) is 55.4 Å². The third kappa shape index (κ3) is 5.37. The summed E-state index contributed by atoms with van der Waals surface area (Å²) in [5, 5.41) is 5.54. The van der Waals surface area contributed by atoms with E-state index in [9.17, 15) is 0 Å². The molecule has 0 radical (unpaired) electrons. The minimum atomic E-state index is 0.375. The average molecular weight is 472 g/mol. The number of rotatable bonds is 8. The van der Waals surface area contributed by atoms with Crippen molar-refractivity contribution >= 4 is 28.4 Å². The number of aromatic nitrogens is 5. The second-order valence-electron chi connectivity index (χ2n) is 9.61. The van der Waals surface area contributed by atoms with Gasteiger partial charge < -0.3 is 19.5 Å². The lowest BCUT2D eigenvalue weighted by molar-refractivity contribution is 0.301. The number of benzene rings is 1. The molecule has 8 nitrogen and oxygen atoms in total. The Hall–Kier alpha value is -3.68. The van der Waals surface area contributed by atoms with Gasteiger partial charge in [0.15, 0.2) is 0 Å². The molecule has 182 valence electrons. The Morgan fingerprint density at radius 3 is 2.69 bits per heavy atom. The van der Waals surface area contributed by atoms with Crippen LogP contribution in [-0.4, -0.2) is 44.2 Å². The van der Waals surface area contributed by atoms with E-state index in [0.29, 0.717) is 12.5 Å². The van der Waals surface area contributed by atoms with E-state index >= 15 is 0 Å². The van der Waals surface area contributed by atoms with E-state index in [-0.39, 0.29) is 0 Å². The quantitative estimate of drug-likeness (QED) is 0.368. The normalized spacial score (nSPS) is 14.6. The summed E-state index contributed by atoms with van der Waals surface area (Å²) < 4.78 is 8.15. The van der Waals surface area contributed by atoms with Gasteiger partial charge in [-0.15, -0.1) is 0 Å². The monoisotopic (exact) mass is 471 g/mol. The van der Waals surface area contributed by atoms with Crippen LogP contribution >= 0.6 is 0 Å². The van der Waals surface area contributed by atoms with Crippen molar-refractivity contribution in [2.24, 2.45) is 5.92 Å². The average Bonchev–Trinajstić information content (AvgIpc) is 3.38. The zero-order valence-electron chi connectivity index (χ0n) is 20.7. The summed E-state index contributed by atoms with van der Waals surface area (Å²) in [5.41, 5.74) is 1.26. The molecule has 0 aliphatic carbocycles. The van der Waals surface area contributed by atoms with Crippen LogP contribution in [0.25, 0.3) is 10.8 Å². The molecule has 4 heterocycles. The van der Waals surface area contributed by atoms with Gasteiger partial charge in [0.1, 0.15) is 24.0 Å². The summed E-state index contributed by atoms with van der Waals surface area (Å²) in [6.07, 6.45) is 11.6. The van der Waals surface area contributed by atoms with Crippen LogP contribution in [0.5, 0.6) is 5.75 Å². The van der Waals surface area contributed by atoms with E-state index in [0.717, 1.165) is 59.7 Å². The van der Waals surface area contributed by atoms with Gasteiger partial charge in [0.05, 0.1) is 12.9 Å². The molecule has 1 fully saturated rings. The van der Waals surface area contributed by atoms with E-state index in [2.05, 4.69) is 59.2 Å². The Bertz CT molecular complexity index is 1260. The third-order valence-corrected chi connectivity index (χ3v) is 6.65. The van der Waals surface area contributed by atoms with E-state index in [4.69, 9.17) is 14.7 Å². The Morgan fingerprint density at radius 2 is 1.91 bits per heavy atom. The molecule has 3 aromatic heterocycles. The molecule has 35 heavy (non-hydrogen) atoms. The fraction of sp³-hybridized carbons (Fsp3) is 0.407. The highest BCUT2D eigenvalue weighted by molar-refractivity contribution is 5.92. The van der Waals surface area contributed by atoms with E-state index < -0.39 is 0 Å². The van der Waals surface area contributed by atoms with Gasteiger partial charge in [-0.3, -0.25) is 0 Å². The number of fused-ring (bicyclic) bond motifs is 1. The van der Waals surface area contributed by atoms with E-state index in [1.807, 2.05) is 29.2 Å². The molecule has 1 aliphatic rings. The lowest BCUT2D eigenvalue weighted by Gasteiger charge is -2.30. The first-order valence-corrected chi connectivity index (χ1v) is 12.4. The van der Waals surface area contributed by atoms with Crippen molar-refractivity contribution in [1.82, 2.24) is 24.5 Å². The summed E-state index contributed by atoms with van der Waals surface area (Å²) in [6, 6.07) is 8.19. The van der Waals surface area contributed by atoms with Gasteiger partial charge in [0, 0.05) is 43.3 Å². The number of hydrogen-bond acceptors (Lipinski definition) is 7. The standard InChI is InChI=1S/C27H33N7O/c1-19(2)21-4-5-24(35-15-14-33-13-10-28-18-33)23-17-30-26(16-22(21)23)31-25-6-9-29-27(32-25)34-11-7-20(3)8-12-34/h4-6,9-10,13,16-20H,7-8,11-12,14-15H2,1-3H3,(H,29,30,31,32). The van der Waals surface area contributed by atoms with Gasteiger partial charge >= 0.3 is 0 Å². The van der Waals surface area contributed by atoms with Crippen molar-refractivity contribution in [3.05, 3.63) is 60.9 Å². The van der Waals surface area contributed by atoms with Crippen LogP contribution in [0, 0.1) is 5.92 Å². The number of pyridine rings is 1. The second-order valence-corrected chi connectivity index (χ2v) is 9.61. The lowest BCUT2D eigenvalue weighted by Crippen LogP contribution is -2.34. The zero-order valence-corrected chi connectivity index (χ0v) is 20.7. The van der Waals surface area contributed by atoms with Crippen LogP contribution in [0.1, 0.15) is 45.1 Å². The Labute approximate surface area is 206 Å². The van der Waals surface area contributed by atoms with Gasteiger partial charge in [-0.05, 0) is 53.8 Å². The highest BCUT2D eigenvalue weighted by Crippen LogP contribution is 2.34. The van der Waals surface area contributed by atoms with Crippen LogP contribution in [0.4, 0.5) is 17.6 Å². The Morgan fingerprint density at radius 1 is 1.06 bits per heavy atom. The van der Waals surface area contributed by atoms with Crippen LogP contribution < -0.4 is 15.0 Å². The highest BCUT2D eigenvalue weighted by atomic mass is 16.5. The minimum absolute atomic E-state index is 0.375. The zero-order chi connectivity index (χ0) is 24.2. The molecule has 1 aliphatic heterocycles. The number of nitrogens with zero attached hydrogens (tertiary/aromatic N) is 6. The molecular formula is C27H33N7O. The van der Waals surface area contributed by atoms with Gasteiger partial charge in [-0.2, -0.15) is 4.98 Å². The fourth-order valence-electron chi connectivity index (χ4n) is 4.52. The maximum Gasteiger partial charge on any atom is 0.227 e. The van der Waals surface area contributed by atoms with Gasteiger partial charge in [-0.1, -0.05) is 26.8 Å². The van der Waals surface area contributed by atoms with Crippen LogP contribution in [0.3, 0.4) is 0 Å². The number of anilines is 3. The SMILES string of the molecule is CC1CCN(c2nccc(Nc3cc4c(C(C)C)ccc(OCCn5ccnc5)c4cn3)n2)CC1. The molecule has 8 heteroatoms. The lowest BCUT2D eigenvalue weighted by atomic mass is 9.96. The van der Waals surface area contributed by atoms with Gasteiger partial charge in [-0.25, -0.2) is 15.0 Å². The van der Waals surface area contributed by atoms with Crippen molar-refractivity contribution in [3.63, 3.8) is 0 Å². The van der Waals surface area contributed by atoms with Gasteiger partial charge in [0.25, 0.3) is 0 Å². The molecule has 0 unspecified atom stereocenters. The second kappa shape index (κ2) is 10.3. The molecule has 4 aromatic rings. The molecule has 0 bridgehead atoms. The molecule has 0 atom stereocenters. The van der Waals surface area contributed by atoms with Gasteiger partial charge in [0.2, 0.25) is 5.95 Å². The summed E-state index contributed by atoms with van der Waals surface area (Å²) in [5.74, 6) is 4.27. The summed E-state index contributed by atoms with van der Waals surface area (Å²) in [6.45, 7) is 10.0. The maximum absolute atomic E-state index is 6.14. The number of piperidine rings is 1. The smallest absolute Gasteiger partial charge is 0.227 e. The van der Waals surface area contributed by atoms with Crippen LogP contribution in [0.2, 0.25) is 0 Å². The number of imidazole rings is 1. The fourth-order valence-corrected chi connectivity index (χ4v) is 4.52. The molecular weight excluding hydrogens is 438 g/mol.